The number of hydrogen-bond acceptors (Lipinski definition) is 4. The first-order valence-corrected chi connectivity index (χ1v) is 6.99. The topological polar surface area (TPSA) is 55.8 Å². The number of hydrogen-bond donors (Lipinski definition) is 1. The van der Waals surface area contributed by atoms with Crippen LogP contribution in [0.2, 0.25) is 0 Å². The largest absolute Gasteiger partial charge is 0.496 e. The highest BCUT2D eigenvalue weighted by atomic mass is 16.5. The van der Waals surface area contributed by atoms with Crippen molar-refractivity contribution in [3.8, 4) is 11.5 Å². The minimum atomic E-state index is -1.20. The standard InChI is InChI=1S/C18H20O4/c1-11-9-13(5-7-15(11)21-3)17(19)18(20)14-6-8-16(22-4)12(2)10-14/h5-10,17,19H,1-4H3. The Kier molecular flexibility index (Phi) is 4.83. The maximum absolute atomic E-state index is 12.4. The van der Waals surface area contributed by atoms with Crippen molar-refractivity contribution in [2.45, 2.75) is 20.0 Å². The maximum atomic E-state index is 12.4. The fourth-order valence-corrected chi connectivity index (χ4v) is 2.41. The molecule has 2 rings (SSSR count). The van der Waals surface area contributed by atoms with Gasteiger partial charge in [0, 0.05) is 5.56 Å². The van der Waals surface area contributed by atoms with Gasteiger partial charge < -0.3 is 14.6 Å². The Morgan fingerprint density at radius 2 is 1.50 bits per heavy atom. The molecule has 0 bridgehead atoms. The summed E-state index contributed by atoms with van der Waals surface area (Å²) < 4.78 is 10.4. The van der Waals surface area contributed by atoms with Crippen LogP contribution in [0.1, 0.15) is 33.2 Å². The highest BCUT2D eigenvalue weighted by molar-refractivity contribution is 6.00. The van der Waals surface area contributed by atoms with Gasteiger partial charge in [0.05, 0.1) is 14.2 Å². The van der Waals surface area contributed by atoms with E-state index in [-0.39, 0.29) is 5.78 Å². The van der Waals surface area contributed by atoms with E-state index in [9.17, 15) is 9.90 Å². The Hall–Kier alpha value is -2.33. The molecule has 22 heavy (non-hydrogen) atoms. The number of carbonyl (C=O) groups is 1. The lowest BCUT2D eigenvalue weighted by Gasteiger charge is -2.13. The minimum absolute atomic E-state index is 0.338. The first-order chi connectivity index (χ1) is 10.5. The molecule has 0 aliphatic carbocycles. The highest BCUT2D eigenvalue weighted by Gasteiger charge is 2.20. The summed E-state index contributed by atoms with van der Waals surface area (Å²) in [5, 5.41) is 10.3. The van der Waals surface area contributed by atoms with E-state index in [0.717, 1.165) is 16.9 Å². The van der Waals surface area contributed by atoms with Crippen molar-refractivity contribution in [2.24, 2.45) is 0 Å². The second kappa shape index (κ2) is 6.62. The molecule has 116 valence electrons. The molecule has 0 saturated carbocycles. The quantitative estimate of drug-likeness (QED) is 0.861. The Morgan fingerprint density at radius 1 is 0.955 bits per heavy atom. The van der Waals surface area contributed by atoms with Crippen LogP contribution in [0.4, 0.5) is 0 Å². The van der Waals surface area contributed by atoms with Crippen LogP contribution in [0, 0.1) is 13.8 Å². The van der Waals surface area contributed by atoms with Gasteiger partial charge >= 0.3 is 0 Å². The van der Waals surface area contributed by atoms with E-state index in [4.69, 9.17) is 9.47 Å². The number of aryl methyl sites for hydroxylation is 2. The van der Waals surface area contributed by atoms with Crippen LogP contribution < -0.4 is 9.47 Å². The van der Waals surface area contributed by atoms with Gasteiger partial charge in [0.25, 0.3) is 0 Å². The van der Waals surface area contributed by atoms with Crippen molar-refractivity contribution in [3.63, 3.8) is 0 Å². The van der Waals surface area contributed by atoms with Gasteiger partial charge in [-0.25, -0.2) is 0 Å². The average Bonchev–Trinajstić information content (AvgIpc) is 2.53. The summed E-state index contributed by atoms with van der Waals surface area (Å²) in [6.45, 7) is 3.73. The molecular formula is C18H20O4. The normalized spacial score (nSPS) is 11.9. The van der Waals surface area contributed by atoms with Gasteiger partial charge in [0.2, 0.25) is 0 Å². The minimum Gasteiger partial charge on any atom is -0.496 e. The number of aliphatic hydroxyl groups excluding tert-OH is 1. The number of ketones is 1. The Labute approximate surface area is 130 Å². The van der Waals surface area contributed by atoms with E-state index in [0.29, 0.717) is 16.9 Å². The van der Waals surface area contributed by atoms with Crippen LogP contribution in [0.25, 0.3) is 0 Å². The predicted molar refractivity (Wildman–Crippen MR) is 84.8 cm³/mol. The number of aliphatic hydroxyl groups is 1. The number of ether oxygens (including phenoxy) is 2. The molecule has 4 nitrogen and oxygen atoms in total. The molecule has 0 spiro atoms. The van der Waals surface area contributed by atoms with Crippen molar-refractivity contribution >= 4 is 5.78 Å². The first kappa shape index (κ1) is 16.0. The van der Waals surface area contributed by atoms with Crippen molar-refractivity contribution in [2.75, 3.05) is 14.2 Å². The molecule has 1 unspecified atom stereocenters. The predicted octanol–water partition coefficient (Wildman–Crippen LogP) is 3.24. The van der Waals surface area contributed by atoms with Crippen molar-refractivity contribution in [3.05, 3.63) is 58.7 Å². The average molecular weight is 300 g/mol. The number of benzene rings is 2. The molecule has 0 aromatic heterocycles. The van der Waals surface area contributed by atoms with E-state index < -0.39 is 6.10 Å². The molecule has 4 heteroatoms. The second-order valence-corrected chi connectivity index (χ2v) is 5.18. The monoisotopic (exact) mass is 300 g/mol. The van der Waals surface area contributed by atoms with Crippen LogP contribution in [0.3, 0.4) is 0 Å². The van der Waals surface area contributed by atoms with Crippen LogP contribution in [0.15, 0.2) is 36.4 Å². The Morgan fingerprint density at radius 3 is 2.00 bits per heavy atom. The van der Waals surface area contributed by atoms with Gasteiger partial charge in [-0.1, -0.05) is 6.07 Å². The van der Waals surface area contributed by atoms with E-state index >= 15 is 0 Å². The summed E-state index contributed by atoms with van der Waals surface area (Å²) >= 11 is 0. The fraction of sp³-hybridized carbons (Fsp3) is 0.278. The zero-order valence-electron chi connectivity index (χ0n) is 13.2. The molecule has 0 heterocycles. The fourth-order valence-electron chi connectivity index (χ4n) is 2.41. The molecule has 0 aliphatic heterocycles. The Balaban J connectivity index is 2.28. The lowest BCUT2D eigenvalue weighted by atomic mass is 9.97. The van der Waals surface area contributed by atoms with Crippen LogP contribution in [0.5, 0.6) is 11.5 Å². The van der Waals surface area contributed by atoms with Gasteiger partial charge in [-0.2, -0.15) is 0 Å². The SMILES string of the molecule is COc1ccc(C(=O)C(O)c2ccc(OC)c(C)c2)cc1C. The summed E-state index contributed by atoms with van der Waals surface area (Å²) in [6.07, 6.45) is -1.20. The first-order valence-electron chi connectivity index (χ1n) is 6.99. The maximum Gasteiger partial charge on any atom is 0.195 e. The summed E-state index contributed by atoms with van der Waals surface area (Å²) in [5.74, 6) is 1.10. The molecule has 0 saturated heterocycles. The number of rotatable bonds is 5. The molecule has 1 atom stereocenters. The van der Waals surface area contributed by atoms with Gasteiger partial charge in [0.1, 0.15) is 17.6 Å². The van der Waals surface area contributed by atoms with Crippen molar-refractivity contribution < 1.29 is 19.4 Å². The highest BCUT2D eigenvalue weighted by Crippen LogP contribution is 2.26. The van der Waals surface area contributed by atoms with Crippen molar-refractivity contribution in [1.82, 2.24) is 0 Å². The van der Waals surface area contributed by atoms with Crippen LogP contribution >= 0.6 is 0 Å². The Bertz CT molecular complexity index is 691. The third-order valence-corrected chi connectivity index (χ3v) is 3.66. The molecule has 2 aromatic carbocycles. The lowest BCUT2D eigenvalue weighted by molar-refractivity contribution is 0.0747. The van der Waals surface area contributed by atoms with Gasteiger partial charge in [-0.05, 0) is 60.9 Å². The second-order valence-electron chi connectivity index (χ2n) is 5.18. The van der Waals surface area contributed by atoms with Crippen molar-refractivity contribution in [1.29, 1.82) is 0 Å². The molecule has 0 aliphatic rings. The summed E-state index contributed by atoms with van der Waals surface area (Å²) in [7, 11) is 3.17. The van der Waals surface area contributed by atoms with E-state index in [1.54, 1.807) is 50.6 Å². The lowest BCUT2D eigenvalue weighted by Crippen LogP contribution is -2.13. The molecule has 1 N–H and O–H groups in total. The van der Waals surface area contributed by atoms with Gasteiger partial charge in [-0.15, -0.1) is 0 Å². The van der Waals surface area contributed by atoms with E-state index in [1.807, 2.05) is 13.8 Å². The van der Waals surface area contributed by atoms with Crippen LogP contribution in [-0.2, 0) is 0 Å². The summed E-state index contributed by atoms with van der Waals surface area (Å²) in [6, 6.07) is 10.3. The molecule has 0 amide bonds. The molecule has 0 fully saturated rings. The molecule has 0 radical (unpaired) electrons. The molecule has 2 aromatic rings. The zero-order chi connectivity index (χ0) is 16.3. The van der Waals surface area contributed by atoms with Gasteiger partial charge in [0.15, 0.2) is 5.78 Å². The van der Waals surface area contributed by atoms with Crippen LogP contribution in [-0.4, -0.2) is 25.1 Å². The van der Waals surface area contributed by atoms with E-state index in [1.165, 1.54) is 0 Å². The molecular weight excluding hydrogens is 280 g/mol. The third kappa shape index (κ3) is 3.12. The summed E-state index contributed by atoms with van der Waals surface area (Å²) in [5.41, 5.74) is 2.74. The van der Waals surface area contributed by atoms with Gasteiger partial charge in [-0.3, -0.25) is 4.79 Å². The number of carbonyl (C=O) groups excluding carboxylic acids is 1. The third-order valence-electron chi connectivity index (χ3n) is 3.66. The number of Topliss-reactive ketones (excluding diaryl/α,β-unsaturated/α-hetero) is 1. The summed E-state index contributed by atoms with van der Waals surface area (Å²) in [4.78, 5) is 12.4. The zero-order valence-corrected chi connectivity index (χ0v) is 13.2. The number of methoxy groups -OCH3 is 2. The van der Waals surface area contributed by atoms with E-state index in [2.05, 4.69) is 0 Å². The smallest absolute Gasteiger partial charge is 0.195 e.